The quantitative estimate of drug-likeness (QED) is 0.678. The van der Waals surface area contributed by atoms with Crippen LogP contribution < -0.4 is 25.0 Å². The van der Waals surface area contributed by atoms with Crippen molar-refractivity contribution in [3.05, 3.63) is 48.0 Å². The number of likely N-dealkylation sites (N-methyl/N-ethyl adjacent to an activating group) is 1. The Hall–Kier alpha value is -3.59. The van der Waals surface area contributed by atoms with Crippen LogP contribution in [0.4, 0.5) is 11.4 Å². The monoisotopic (exact) mass is 466 g/mol. The first-order valence-corrected chi connectivity index (χ1v) is 11.4. The van der Waals surface area contributed by atoms with Crippen molar-refractivity contribution in [1.82, 2.24) is 10.2 Å². The maximum Gasteiger partial charge on any atom is 0.241 e. The number of fused-ring (bicyclic) bond motifs is 2. The molecule has 9 nitrogen and oxygen atoms in total. The van der Waals surface area contributed by atoms with Crippen LogP contribution in [0.3, 0.4) is 0 Å². The number of ether oxygens (including phenoxy) is 2. The molecule has 2 N–H and O–H groups in total. The molecular formula is C25H30N4O5. The van der Waals surface area contributed by atoms with Crippen LogP contribution in [-0.4, -0.2) is 62.0 Å². The van der Waals surface area contributed by atoms with Gasteiger partial charge in [-0.15, -0.1) is 0 Å². The van der Waals surface area contributed by atoms with E-state index in [1.165, 1.54) is 0 Å². The van der Waals surface area contributed by atoms with Gasteiger partial charge < -0.3 is 25.0 Å². The second kappa shape index (κ2) is 10.1. The van der Waals surface area contributed by atoms with E-state index in [4.69, 9.17) is 9.47 Å². The van der Waals surface area contributed by atoms with E-state index in [0.717, 1.165) is 5.56 Å². The molecule has 0 aliphatic carbocycles. The van der Waals surface area contributed by atoms with Gasteiger partial charge in [-0.1, -0.05) is 18.2 Å². The lowest BCUT2D eigenvalue weighted by Gasteiger charge is -2.29. The number of amides is 3. The SMILES string of the molecule is C[C@@H](NC(=O)CN(C)CC(=O)N1c2ccccc2NC(=O)C[C@@H]1C)c1ccc2c(c1)OCCO2. The van der Waals surface area contributed by atoms with Crippen LogP contribution in [0.2, 0.25) is 0 Å². The Bertz CT molecular complexity index is 1090. The number of anilines is 2. The molecule has 2 heterocycles. The van der Waals surface area contributed by atoms with Crippen molar-refractivity contribution in [2.75, 3.05) is 43.6 Å². The van der Waals surface area contributed by atoms with E-state index >= 15 is 0 Å². The van der Waals surface area contributed by atoms with Crippen molar-refractivity contribution >= 4 is 29.1 Å². The van der Waals surface area contributed by atoms with Crippen molar-refractivity contribution in [1.29, 1.82) is 0 Å². The topological polar surface area (TPSA) is 100 Å². The Labute approximate surface area is 199 Å². The summed E-state index contributed by atoms with van der Waals surface area (Å²) in [7, 11) is 1.73. The van der Waals surface area contributed by atoms with Crippen molar-refractivity contribution < 1.29 is 23.9 Å². The molecule has 2 aromatic carbocycles. The summed E-state index contributed by atoms with van der Waals surface area (Å²) in [4.78, 5) is 41.3. The maximum absolute atomic E-state index is 13.2. The van der Waals surface area contributed by atoms with Crippen LogP contribution in [0.25, 0.3) is 0 Å². The smallest absolute Gasteiger partial charge is 0.241 e. The Morgan fingerprint density at radius 1 is 1.15 bits per heavy atom. The molecule has 9 heteroatoms. The largest absolute Gasteiger partial charge is 0.486 e. The van der Waals surface area contributed by atoms with Gasteiger partial charge in [0, 0.05) is 12.5 Å². The van der Waals surface area contributed by atoms with E-state index in [-0.39, 0.29) is 49.3 Å². The predicted octanol–water partition coefficient (Wildman–Crippen LogP) is 2.33. The van der Waals surface area contributed by atoms with Gasteiger partial charge in [0.1, 0.15) is 13.2 Å². The molecule has 2 aliphatic heterocycles. The fourth-order valence-electron chi connectivity index (χ4n) is 4.28. The van der Waals surface area contributed by atoms with Gasteiger partial charge in [0.25, 0.3) is 0 Å². The molecule has 0 unspecified atom stereocenters. The summed E-state index contributed by atoms with van der Waals surface area (Å²) in [6.45, 7) is 4.87. The highest BCUT2D eigenvalue weighted by Crippen LogP contribution is 2.33. The summed E-state index contributed by atoms with van der Waals surface area (Å²) in [6, 6.07) is 12.3. The molecule has 180 valence electrons. The van der Waals surface area contributed by atoms with Gasteiger partial charge in [-0.3, -0.25) is 19.3 Å². The normalized spacial score (nSPS) is 17.9. The molecule has 34 heavy (non-hydrogen) atoms. The number of carbonyl (C=O) groups excluding carboxylic acids is 3. The van der Waals surface area contributed by atoms with Crippen molar-refractivity contribution in [3.8, 4) is 11.5 Å². The fourth-order valence-corrected chi connectivity index (χ4v) is 4.28. The highest BCUT2D eigenvalue weighted by Gasteiger charge is 2.30. The Kier molecular flexibility index (Phi) is 7.02. The summed E-state index contributed by atoms with van der Waals surface area (Å²) in [5.41, 5.74) is 2.18. The minimum absolute atomic E-state index is 0.0404. The Morgan fingerprint density at radius 2 is 1.88 bits per heavy atom. The zero-order valence-electron chi connectivity index (χ0n) is 19.7. The van der Waals surface area contributed by atoms with Gasteiger partial charge in [0.2, 0.25) is 17.7 Å². The minimum atomic E-state index is -0.298. The number of hydrogen-bond acceptors (Lipinski definition) is 6. The standard InChI is InChI=1S/C25H30N4O5/c1-16-12-23(30)27-19-6-4-5-7-20(19)29(16)25(32)15-28(3)14-24(31)26-17(2)18-8-9-21-22(13-18)34-11-10-33-21/h4-9,13,16-17H,10-12,14-15H2,1-3H3,(H,26,31)(H,27,30)/t16-,17+/m0/s1. The summed E-state index contributed by atoms with van der Waals surface area (Å²) in [6.07, 6.45) is 0.206. The second-order valence-corrected chi connectivity index (χ2v) is 8.75. The van der Waals surface area contributed by atoms with Gasteiger partial charge in [-0.25, -0.2) is 0 Å². The molecule has 2 atom stereocenters. The highest BCUT2D eigenvalue weighted by molar-refractivity contribution is 6.05. The number of hydrogen-bond donors (Lipinski definition) is 2. The number of carbonyl (C=O) groups is 3. The van der Waals surface area contributed by atoms with E-state index < -0.39 is 0 Å². The number of nitrogens with zero attached hydrogens (tertiary/aromatic N) is 2. The van der Waals surface area contributed by atoms with E-state index in [9.17, 15) is 14.4 Å². The van der Waals surface area contributed by atoms with E-state index in [1.54, 1.807) is 22.9 Å². The first-order chi connectivity index (χ1) is 16.3. The Balaban J connectivity index is 1.36. The van der Waals surface area contributed by atoms with Crippen molar-refractivity contribution in [2.45, 2.75) is 32.4 Å². The molecule has 2 aliphatic rings. The van der Waals surface area contributed by atoms with Crippen LogP contribution in [0.5, 0.6) is 11.5 Å². The fraction of sp³-hybridized carbons (Fsp3) is 0.400. The number of benzene rings is 2. The van der Waals surface area contributed by atoms with E-state index in [0.29, 0.717) is 36.1 Å². The average molecular weight is 467 g/mol. The van der Waals surface area contributed by atoms with Crippen LogP contribution in [0.15, 0.2) is 42.5 Å². The van der Waals surface area contributed by atoms with Crippen LogP contribution in [0.1, 0.15) is 31.9 Å². The lowest BCUT2D eigenvalue weighted by atomic mass is 10.1. The Morgan fingerprint density at radius 3 is 2.68 bits per heavy atom. The van der Waals surface area contributed by atoms with Crippen molar-refractivity contribution in [2.24, 2.45) is 0 Å². The third-order valence-electron chi connectivity index (χ3n) is 5.89. The molecule has 0 bridgehead atoms. The zero-order valence-corrected chi connectivity index (χ0v) is 19.7. The predicted molar refractivity (Wildman–Crippen MR) is 128 cm³/mol. The van der Waals surface area contributed by atoms with Gasteiger partial charge in [0.15, 0.2) is 11.5 Å². The highest BCUT2D eigenvalue weighted by atomic mass is 16.6. The molecule has 4 rings (SSSR count). The summed E-state index contributed by atoms with van der Waals surface area (Å²) < 4.78 is 11.2. The number of rotatable bonds is 6. The van der Waals surface area contributed by atoms with Crippen LogP contribution in [-0.2, 0) is 14.4 Å². The summed E-state index contributed by atoms with van der Waals surface area (Å²) >= 11 is 0. The summed E-state index contributed by atoms with van der Waals surface area (Å²) in [5.74, 6) is 0.877. The van der Waals surface area contributed by atoms with Gasteiger partial charge in [-0.05, 0) is 50.7 Å². The molecule has 0 aromatic heterocycles. The lowest BCUT2D eigenvalue weighted by Crippen LogP contribution is -2.46. The first kappa shape index (κ1) is 23.6. The van der Waals surface area contributed by atoms with Crippen LogP contribution in [0, 0.1) is 0 Å². The van der Waals surface area contributed by atoms with Gasteiger partial charge in [0.05, 0.1) is 30.5 Å². The number of nitrogens with one attached hydrogen (secondary N) is 2. The molecule has 0 radical (unpaired) electrons. The molecule has 0 fully saturated rings. The third kappa shape index (κ3) is 5.31. The molecule has 0 spiro atoms. The molecule has 2 aromatic rings. The molecule has 3 amide bonds. The molecule has 0 saturated heterocycles. The first-order valence-electron chi connectivity index (χ1n) is 11.4. The average Bonchev–Trinajstić information content (AvgIpc) is 2.92. The van der Waals surface area contributed by atoms with Crippen LogP contribution >= 0.6 is 0 Å². The van der Waals surface area contributed by atoms with Gasteiger partial charge >= 0.3 is 0 Å². The molecular weight excluding hydrogens is 436 g/mol. The second-order valence-electron chi connectivity index (χ2n) is 8.75. The number of para-hydroxylation sites is 2. The van der Waals surface area contributed by atoms with Gasteiger partial charge in [-0.2, -0.15) is 0 Å². The summed E-state index contributed by atoms with van der Waals surface area (Å²) in [5, 5.41) is 5.82. The maximum atomic E-state index is 13.2. The molecule has 0 saturated carbocycles. The van der Waals surface area contributed by atoms with E-state index in [1.807, 2.05) is 50.2 Å². The minimum Gasteiger partial charge on any atom is -0.486 e. The van der Waals surface area contributed by atoms with Crippen molar-refractivity contribution in [3.63, 3.8) is 0 Å². The zero-order chi connectivity index (χ0) is 24.2. The third-order valence-corrected chi connectivity index (χ3v) is 5.89. The van der Waals surface area contributed by atoms with E-state index in [2.05, 4.69) is 10.6 Å². The lowest BCUT2D eigenvalue weighted by molar-refractivity contribution is -0.124.